The van der Waals surface area contributed by atoms with Gasteiger partial charge >= 0.3 is 5.97 Å². The Bertz CT molecular complexity index is 398. The zero-order valence-corrected chi connectivity index (χ0v) is 12.3. The molecule has 19 heavy (non-hydrogen) atoms. The molecule has 2 N–H and O–H groups in total. The molecule has 0 fully saturated rings. The molecule has 0 aromatic heterocycles. The van der Waals surface area contributed by atoms with E-state index in [1.54, 1.807) is 0 Å². The summed E-state index contributed by atoms with van der Waals surface area (Å²) in [6, 6.07) is 9.16. The third-order valence-corrected chi connectivity index (χ3v) is 3.75. The Balaban J connectivity index is 2.46. The van der Waals surface area contributed by atoms with Crippen LogP contribution in [0.1, 0.15) is 33.3 Å². The zero-order valence-electron chi connectivity index (χ0n) is 12.3. The van der Waals surface area contributed by atoms with E-state index in [1.807, 2.05) is 30.3 Å². The first-order chi connectivity index (χ1) is 8.83. The van der Waals surface area contributed by atoms with Gasteiger partial charge in [0, 0.05) is 5.41 Å². The minimum Gasteiger partial charge on any atom is -0.464 e. The number of carbonyl (C=O) groups is 1. The molecule has 1 aromatic rings. The first kappa shape index (κ1) is 15.7. The van der Waals surface area contributed by atoms with Gasteiger partial charge in [-0.3, -0.25) is 4.79 Å². The fourth-order valence-corrected chi connectivity index (χ4v) is 1.48. The second-order valence-electron chi connectivity index (χ2n) is 6.05. The molecule has 0 aliphatic rings. The van der Waals surface area contributed by atoms with Gasteiger partial charge < -0.3 is 10.5 Å². The molecule has 0 aliphatic heterocycles. The van der Waals surface area contributed by atoms with E-state index >= 15 is 0 Å². The SMILES string of the molecule is CC(C)C(C)(C)COC(=O)C(N)Cc1ccccc1. The Kier molecular flexibility index (Phi) is 5.55. The van der Waals surface area contributed by atoms with Gasteiger partial charge in [-0.1, -0.05) is 58.0 Å². The van der Waals surface area contributed by atoms with Crippen LogP contribution in [0.5, 0.6) is 0 Å². The standard InChI is InChI=1S/C16H25NO2/c1-12(2)16(3,4)11-19-15(18)14(17)10-13-8-6-5-7-9-13/h5-9,12,14H,10-11,17H2,1-4H3. The number of hydrogen-bond donors (Lipinski definition) is 1. The van der Waals surface area contributed by atoms with Gasteiger partial charge in [-0.05, 0) is 17.9 Å². The normalized spacial score (nSPS) is 13.4. The van der Waals surface area contributed by atoms with Crippen LogP contribution in [0.25, 0.3) is 0 Å². The van der Waals surface area contributed by atoms with Crippen molar-refractivity contribution in [3.05, 3.63) is 35.9 Å². The molecule has 1 aromatic carbocycles. The number of benzene rings is 1. The molecule has 0 radical (unpaired) electrons. The van der Waals surface area contributed by atoms with E-state index in [1.165, 1.54) is 0 Å². The summed E-state index contributed by atoms with van der Waals surface area (Å²) in [5.74, 6) is 0.128. The molecule has 1 atom stereocenters. The molecule has 0 amide bonds. The summed E-state index contributed by atoms with van der Waals surface area (Å²) < 4.78 is 5.34. The summed E-state index contributed by atoms with van der Waals surface area (Å²) in [5.41, 5.74) is 6.91. The van der Waals surface area contributed by atoms with Gasteiger partial charge in [-0.15, -0.1) is 0 Å². The maximum absolute atomic E-state index is 11.9. The molecule has 0 aliphatic carbocycles. The van der Waals surface area contributed by atoms with Crippen molar-refractivity contribution >= 4 is 5.97 Å². The van der Waals surface area contributed by atoms with Gasteiger partial charge in [0.25, 0.3) is 0 Å². The third kappa shape index (κ3) is 5.03. The Morgan fingerprint density at radius 2 is 1.84 bits per heavy atom. The van der Waals surface area contributed by atoms with Crippen LogP contribution in [0.4, 0.5) is 0 Å². The van der Waals surface area contributed by atoms with Gasteiger partial charge in [0.2, 0.25) is 0 Å². The summed E-state index contributed by atoms with van der Waals surface area (Å²) in [4.78, 5) is 11.9. The zero-order chi connectivity index (χ0) is 14.5. The second kappa shape index (κ2) is 6.71. The van der Waals surface area contributed by atoms with Crippen molar-refractivity contribution in [2.75, 3.05) is 6.61 Å². The number of carbonyl (C=O) groups excluding carboxylic acids is 1. The van der Waals surface area contributed by atoms with Gasteiger partial charge in [0.1, 0.15) is 6.04 Å². The van der Waals surface area contributed by atoms with Crippen molar-refractivity contribution in [2.24, 2.45) is 17.1 Å². The van der Waals surface area contributed by atoms with Crippen molar-refractivity contribution in [2.45, 2.75) is 40.2 Å². The highest BCUT2D eigenvalue weighted by Gasteiger charge is 2.25. The third-order valence-electron chi connectivity index (χ3n) is 3.75. The molecule has 0 saturated heterocycles. The van der Waals surface area contributed by atoms with E-state index in [2.05, 4.69) is 27.7 Å². The quantitative estimate of drug-likeness (QED) is 0.803. The fraction of sp³-hybridized carbons (Fsp3) is 0.562. The lowest BCUT2D eigenvalue weighted by Crippen LogP contribution is -2.37. The minimum atomic E-state index is -0.592. The number of ether oxygens (including phenoxy) is 1. The number of nitrogens with two attached hydrogens (primary N) is 1. The first-order valence-corrected chi connectivity index (χ1v) is 6.79. The summed E-state index contributed by atoms with van der Waals surface area (Å²) in [5, 5.41) is 0. The molecular formula is C16H25NO2. The van der Waals surface area contributed by atoms with E-state index in [0.29, 0.717) is 18.9 Å². The van der Waals surface area contributed by atoms with Crippen LogP contribution in [0.3, 0.4) is 0 Å². The highest BCUT2D eigenvalue weighted by molar-refractivity contribution is 5.75. The Labute approximate surface area is 116 Å². The van der Waals surface area contributed by atoms with Crippen LogP contribution in [0.15, 0.2) is 30.3 Å². The molecule has 1 rings (SSSR count). The Hall–Kier alpha value is -1.35. The van der Waals surface area contributed by atoms with Crippen molar-refractivity contribution in [1.29, 1.82) is 0 Å². The summed E-state index contributed by atoms with van der Waals surface area (Å²) in [6.45, 7) is 8.84. The second-order valence-corrected chi connectivity index (χ2v) is 6.05. The molecule has 106 valence electrons. The molecule has 0 bridgehead atoms. The predicted octanol–water partition coefficient (Wildman–Crippen LogP) is 2.78. The lowest BCUT2D eigenvalue weighted by atomic mass is 9.82. The largest absolute Gasteiger partial charge is 0.464 e. The topological polar surface area (TPSA) is 52.3 Å². The fourth-order valence-electron chi connectivity index (χ4n) is 1.48. The maximum atomic E-state index is 11.9. The average Bonchev–Trinajstić information content (AvgIpc) is 2.37. The van der Waals surface area contributed by atoms with Crippen molar-refractivity contribution in [3.8, 4) is 0 Å². The summed E-state index contributed by atoms with van der Waals surface area (Å²) in [6.07, 6.45) is 0.516. The van der Waals surface area contributed by atoms with E-state index in [-0.39, 0.29) is 11.4 Å². The Morgan fingerprint density at radius 3 is 2.37 bits per heavy atom. The smallest absolute Gasteiger partial charge is 0.323 e. The van der Waals surface area contributed by atoms with Crippen LogP contribution in [-0.2, 0) is 16.0 Å². The van der Waals surface area contributed by atoms with Gasteiger partial charge in [0.15, 0.2) is 0 Å². The maximum Gasteiger partial charge on any atom is 0.323 e. The minimum absolute atomic E-state index is 0.0257. The van der Waals surface area contributed by atoms with Crippen LogP contribution >= 0.6 is 0 Å². The average molecular weight is 263 g/mol. The highest BCUT2D eigenvalue weighted by Crippen LogP contribution is 2.26. The molecule has 1 unspecified atom stereocenters. The van der Waals surface area contributed by atoms with Gasteiger partial charge in [0.05, 0.1) is 6.61 Å². The summed E-state index contributed by atoms with van der Waals surface area (Å²) in [7, 11) is 0. The van der Waals surface area contributed by atoms with Crippen molar-refractivity contribution in [1.82, 2.24) is 0 Å². The lowest BCUT2D eigenvalue weighted by Gasteiger charge is -2.29. The van der Waals surface area contributed by atoms with Crippen molar-refractivity contribution in [3.63, 3.8) is 0 Å². The van der Waals surface area contributed by atoms with E-state index in [9.17, 15) is 4.79 Å². The highest BCUT2D eigenvalue weighted by atomic mass is 16.5. The van der Waals surface area contributed by atoms with Crippen molar-refractivity contribution < 1.29 is 9.53 Å². The van der Waals surface area contributed by atoms with E-state index < -0.39 is 6.04 Å². The molecule has 3 nitrogen and oxygen atoms in total. The number of hydrogen-bond acceptors (Lipinski definition) is 3. The van der Waals surface area contributed by atoms with Crippen LogP contribution < -0.4 is 5.73 Å². The molecule has 0 saturated carbocycles. The van der Waals surface area contributed by atoms with E-state index in [0.717, 1.165) is 5.56 Å². The number of rotatable bonds is 6. The van der Waals surface area contributed by atoms with Crippen LogP contribution in [0.2, 0.25) is 0 Å². The Morgan fingerprint density at radius 1 is 1.26 bits per heavy atom. The first-order valence-electron chi connectivity index (χ1n) is 6.79. The summed E-state index contributed by atoms with van der Waals surface area (Å²) >= 11 is 0. The molecule has 3 heteroatoms. The van der Waals surface area contributed by atoms with E-state index in [4.69, 9.17) is 10.5 Å². The predicted molar refractivity (Wildman–Crippen MR) is 77.7 cm³/mol. The molecule has 0 spiro atoms. The molecular weight excluding hydrogens is 238 g/mol. The van der Waals surface area contributed by atoms with Gasteiger partial charge in [-0.25, -0.2) is 0 Å². The lowest BCUT2D eigenvalue weighted by molar-refractivity contribution is -0.149. The monoisotopic (exact) mass is 263 g/mol. The van der Waals surface area contributed by atoms with Crippen LogP contribution in [0, 0.1) is 11.3 Å². The van der Waals surface area contributed by atoms with Gasteiger partial charge in [-0.2, -0.15) is 0 Å². The number of esters is 1. The van der Waals surface area contributed by atoms with Crippen LogP contribution in [-0.4, -0.2) is 18.6 Å². The molecule has 0 heterocycles.